The van der Waals surface area contributed by atoms with E-state index >= 15 is 0 Å². The molecular weight excluding hydrogens is 392 g/mol. The van der Waals surface area contributed by atoms with Gasteiger partial charge in [-0.2, -0.15) is 4.31 Å². The van der Waals surface area contributed by atoms with Gasteiger partial charge in [-0.15, -0.1) is 0 Å². The van der Waals surface area contributed by atoms with Crippen LogP contribution >= 0.6 is 0 Å². The van der Waals surface area contributed by atoms with Crippen molar-refractivity contribution in [3.05, 3.63) is 53.6 Å². The number of aryl methyl sites for hydroxylation is 1. The number of hydrogen-bond acceptors (Lipinski definition) is 5. The van der Waals surface area contributed by atoms with Crippen LogP contribution in [-0.2, 0) is 14.8 Å². The Balaban J connectivity index is 2.20. The molecule has 0 saturated heterocycles. The van der Waals surface area contributed by atoms with Gasteiger partial charge >= 0.3 is 0 Å². The fourth-order valence-corrected chi connectivity index (χ4v) is 4.69. The third-order valence-corrected chi connectivity index (χ3v) is 6.53. The highest BCUT2D eigenvalue weighted by Crippen LogP contribution is 2.28. The van der Waals surface area contributed by atoms with Crippen molar-refractivity contribution in [3.63, 3.8) is 0 Å². The van der Waals surface area contributed by atoms with Crippen LogP contribution in [0.1, 0.15) is 31.0 Å². The Bertz CT molecular complexity index is 959. The predicted molar refractivity (Wildman–Crippen MR) is 112 cm³/mol. The molecule has 7 nitrogen and oxygen atoms in total. The molecule has 0 heterocycles. The van der Waals surface area contributed by atoms with Gasteiger partial charge in [-0.1, -0.05) is 31.2 Å². The summed E-state index contributed by atoms with van der Waals surface area (Å²) in [5, 5.41) is 2.84. The van der Waals surface area contributed by atoms with E-state index in [2.05, 4.69) is 5.32 Å². The fraction of sp³-hybridized carbons (Fsp3) is 0.381. The molecule has 0 aliphatic rings. The molecule has 0 aromatic heterocycles. The number of hydrogen-bond donors (Lipinski definition) is 1. The summed E-state index contributed by atoms with van der Waals surface area (Å²) in [7, 11) is -0.920. The number of rotatable bonds is 9. The number of carbonyl (C=O) groups is 1. The van der Waals surface area contributed by atoms with E-state index in [1.54, 1.807) is 39.2 Å². The van der Waals surface area contributed by atoms with E-state index in [0.29, 0.717) is 5.75 Å². The largest absolute Gasteiger partial charge is 0.496 e. The van der Waals surface area contributed by atoms with Gasteiger partial charge in [0.1, 0.15) is 16.4 Å². The first-order chi connectivity index (χ1) is 13.7. The van der Waals surface area contributed by atoms with Crippen molar-refractivity contribution in [2.45, 2.75) is 31.7 Å². The molecular formula is C21H28N2O5S. The summed E-state index contributed by atoms with van der Waals surface area (Å²) in [6, 6.07) is 12.0. The SMILES string of the molecule is CCN(CC(=O)N[C@H](C)c1ccccc1OC)S(=O)(=O)c1cc(C)ccc1OC. The molecule has 8 heteroatoms. The van der Waals surface area contributed by atoms with Crippen molar-refractivity contribution < 1.29 is 22.7 Å². The lowest BCUT2D eigenvalue weighted by atomic mass is 10.1. The number of nitrogens with zero attached hydrogens (tertiary/aromatic N) is 1. The minimum atomic E-state index is -3.90. The zero-order valence-corrected chi connectivity index (χ0v) is 18.2. The van der Waals surface area contributed by atoms with Crippen LogP contribution in [0, 0.1) is 6.92 Å². The van der Waals surface area contributed by atoms with Crippen LogP contribution in [0.15, 0.2) is 47.4 Å². The van der Waals surface area contributed by atoms with Crippen molar-refractivity contribution >= 4 is 15.9 Å². The van der Waals surface area contributed by atoms with E-state index in [0.717, 1.165) is 15.4 Å². The molecule has 158 valence electrons. The third-order valence-electron chi connectivity index (χ3n) is 4.59. The van der Waals surface area contributed by atoms with Crippen LogP contribution in [0.25, 0.3) is 0 Å². The van der Waals surface area contributed by atoms with Crippen LogP contribution < -0.4 is 14.8 Å². The Morgan fingerprint density at radius 2 is 1.76 bits per heavy atom. The monoisotopic (exact) mass is 420 g/mol. The Morgan fingerprint density at radius 1 is 1.10 bits per heavy atom. The molecule has 1 amide bonds. The van der Waals surface area contributed by atoms with Crippen LogP contribution in [-0.4, -0.2) is 45.9 Å². The molecule has 0 fully saturated rings. The topological polar surface area (TPSA) is 84.9 Å². The molecule has 29 heavy (non-hydrogen) atoms. The van der Waals surface area contributed by atoms with E-state index in [9.17, 15) is 13.2 Å². The highest BCUT2D eigenvalue weighted by Gasteiger charge is 2.29. The average molecular weight is 421 g/mol. The Labute approximate surface area is 172 Å². The molecule has 0 aliphatic carbocycles. The van der Waals surface area contributed by atoms with E-state index in [4.69, 9.17) is 9.47 Å². The molecule has 1 atom stereocenters. The van der Waals surface area contributed by atoms with Gasteiger partial charge in [0.25, 0.3) is 0 Å². The van der Waals surface area contributed by atoms with Crippen LogP contribution in [0.5, 0.6) is 11.5 Å². The Morgan fingerprint density at radius 3 is 2.38 bits per heavy atom. The first-order valence-electron chi connectivity index (χ1n) is 9.31. The maximum absolute atomic E-state index is 13.1. The molecule has 0 radical (unpaired) electrons. The molecule has 2 rings (SSSR count). The molecule has 0 saturated carbocycles. The second-order valence-electron chi connectivity index (χ2n) is 6.62. The van der Waals surface area contributed by atoms with Crippen molar-refractivity contribution in [2.75, 3.05) is 27.3 Å². The summed E-state index contributed by atoms with van der Waals surface area (Å²) >= 11 is 0. The highest BCUT2D eigenvalue weighted by atomic mass is 32.2. The Kier molecular flexibility index (Phi) is 7.64. The normalized spacial score (nSPS) is 12.5. The number of para-hydroxylation sites is 1. The molecule has 0 spiro atoms. The smallest absolute Gasteiger partial charge is 0.247 e. The van der Waals surface area contributed by atoms with Gasteiger partial charge in [-0.05, 0) is 37.6 Å². The van der Waals surface area contributed by atoms with E-state index < -0.39 is 15.9 Å². The number of amides is 1. The summed E-state index contributed by atoms with van der Waals surface area (Å²) in [4.78, 5) is 12.7. The number of methoxy groups -OCH3 is 2. The first kappa shape index (κ1) is 22.7. The molecule has 0 bridgehead atoms. The van der Waals surface area contributed by atoms with E-state index in [1.807, 2.05) is 31.2 Å². The number of nitrogens with one attached hydrogen (secondary N) is 1. The third kappa shape index (κ3) is 5.27. The standard InChI is InChI=1S/C21H28N2O5S/c1-6-23(29(25,26)20-13-15(2)11-12-19(20)28-5)14-21(24)22-16(3)17-9-7-8-10-18(17)27-4/h7-13,16H,6,14H2,1-5H3,(H,22,24)/t16-/m1/s1. The van der Waals surface area contributed by atoms with Crippen LogP contribution in [0.2, 0.25) is 0 Å². The van der Waals surface area contributed by atoms with Gasteiger partial charge in [-0.3, -0.25) is 4.79 Å². The second-order valence-corrected chi connectivity index (χ2v) is 8.52. The van der Waals surface area contributed by atoms with Crippen LogP contribution in [0.3, 0.4) is 0 Å². The van der Waals surface area contributed by atoms with Gasteiger partial charge in [0.15, 0.2) is 0 Å². The summed E-state index contributed by atoms with van der Waals surface area (Å²) in [6.07, 6.45) is 0. The van der Waals surface area contributed by atoms with Crippen molar-refractivity contribution in [1.82, 2.24) is 9.62 Å². The lowest BCUT2D eigenvalue weighted by molar-refractivity contribution is -0.121. The van der Waals surface area contributed by atoms with Gasteiger partial charge in [-0.25, -0.2) is 8.42 Å². The minimum absolute atomic E-state index is 0.0485. The zero-order valence-electron chi connectivity index (χ0n) is 17.4. The second kappa shape index (κ2) is 9.76. The van der Waals surface area contributed by atoms with Gasteiger partial charge < -0.3 is 14.8 Å². The number of sulfonamides is 1. The zero-order chi connectivity index (χ0) is 21.6. The Hall–Kier alpha value is -2.58. The predicted octanol–water partition coefficient (Wildman–Crippen LogP) is 2.90. The number of carbonyl (C=O) groups excluding carboxylic acids is 1. The average Bonchev–Trinajstić information content (AvgIpc) is 2.71. The van der Waals surface area contributed by atoms with Crippen LogP contribution in [0.4, 0.5) is 0 Å². The number of benzene rings is 2. The summed E-state index contributed by atoms with van der Waals surface area (Å²) in [6.45, 7) is 5.17. The lowest BCUT2D eigenvalue weighted by Gasteiger charge is -2.23. The molecule has 0 unspecified atom stereocenters. The van der Waals surface area contributed by atoms with Crippen molar-refractivity contribution in [1.29, 1.82) is 0 Å². The van der Waals surface area contributed by atoms with E-state index in [1.165, 1.54) is 7.11 Å². The van der Waals surface area contributed by atoms with Gasteiger partial charge in [0, 0.05) is 12.1 Å². The lowest BCUT2D eigenvalue weighted by Crippen LogP contribution is -2.41. The first-order valence-corrected chi connectivity index (χ1v) is 10.8. The molecule has 1 N–H and O–H groups in total. The highest BCUT2D eigenvalue weighted by molar-refractivity contribution is 7.89. The number of likely N-dealkylation sites (N-methyl/N-ethyl adjacent to an activating group) is 1. The molecule has 2 aromatic rings. The van der Waals surface area contributed by atoms with Gasteiger partial charge in [0.05, 0.1) is 26.8 Å². The summed E-state index contributed by atoms with van der Waals surface area (Å²) < 4.78 is 37.9. The van der Waals surface area contributed by atoms with Crippen molar-refractivity contribution in [2.24, 2.45) is 0 Å². The molecule has 2 aromatic carbocycles. The minimum Gasteiger partial charge on any atom is -0.496 e. The summed E-state index contributed by atoms with van der Waals surface area (Å²) in [5.41, 5.74) is 1.60. The summed E-state index contributed by atoms with van der Waals surface area (Å²) in [5.74, 6) is 0.502. The fourth-order valence-electron chi connectivity index (χ4n) is 3.04. The van der Waals surface area contributed by atoms with Gasteiger partial charge in [0.2, 0.25) is 15.9 Å². The number of ether oxygens (including phenoxy) is 2. The van der Waals surface area contributed by atoms with E-state index in [-0.39, 0.29) is 29.8 Å². The maximum Gasteiger partial charge on any atom is 0.247 e. The maximum atomic E-state index is 13.1. The quantitative estimate of drug-likeness (QED) is 0.674. The van der Waals surface area contributed by atoms with Crippen molar-refractivity contribution in [3.8, 4) is 11.5 Å². The molecule has 0 aliphatic heterocycles.